The van der Waals surface area contributed by atoms with Crippen LogP contribution in [-0.2, 0) is 80.2 Å². The van der Waals surface area contributed by atoms with E-state index in [0.29, 0.717) is 107 Å². The van der Waals surface area contributed by atoms with Crippen molar-refractivity contribution in [2.45, 2.75) is 106 Å². The number of nitrogens with one attached hydrogen (secondary N) is 4. The van der Waals surface area contributed by atoms with Gasteiger partial charge in [0.05, 0.1) is 101 Å². The Morgan fingerprint density at radius 3 is 1.19 bits per heavy atom. The predicted molar refractivity (Wildman–Crippen MR) is 528 cm³/mol. The summed E-state index contributed by atoms with van der Waals surface area (Å²) in [4.78, 5) is 211. The minimum absolute atomic E-state index is 0.0118. The highest BCUT2D eigenvalue weighted by Crippen LogP contribution is 2.64. The van der Waals surface area contributed by atoms with Crippen molar-refractivity contribution in [3.05, 3.63) is 216 Å². The highest BCUT2D eigenvalue weighted by molar-refractivity contribution is 7.73. The van der Waals surface area contributed by atoms with Crippen LogP contribution in [0.25, 0.3) is 33.8 Å². The van der Waals surface area contributed by atoms with E-state index >= 15 is 0 Å². The monoisotopic (exact) mass is 2110 g/mol. The molecule has 3 fully saturated rings. The van der Waals surface area contributed by atoms with Crippen LogP contribution in [0.3, 0.4) is 0 Å². The van der Waals surface area contributed by atoms with Gasteiger partial charge in [0.25, 0.3) is 0 Å². The van der Waals surface area contributed by atoms with Crippen molar-refractivity contribution < 1.29 is 134 Å². The van der Waals surface area contributed by atoms with Crippen molar-refractivity contribution in [3.8, 4) is 56.8 Å². The molecule has 3 aromatic heterocycles. The first-order valence-corrected chi connectivity index (χ1v) is 55.3. The lowest BCUT2D eigenvalue weighted by molar-refractivity contribution is -0.135. The molecule has 0 amide bonds. The average molecular weight is 2110 g/mol. The summed E-state index contributed by atoms with van der Waals surface area (Å²) in [5.41, 5.74) is 7.78. The van der Waals surface area contributed by atoms with E-state index < -0.39 is 98.7 Å². The van der Waals surface area contributed by atoms with Crippen molar-refractivity contribution in [1.29, 1.82) is 0 Å². The third kappa shape index (κ3) is 35.1. The molecule has 2 unspecified atom stereocenters. The van der Waals surface area contributed by atoms with E-state index in [2.05, 4.69) is 80.7 Å². The second kappa shape index (κ2) is 51.6. The van der Waals surface area contributed by atoms with Crippen molar-refractivity contribution >= 4 is 162 Å². The second-order valence-corrected chi connectivity index (χ2v) is 46.5. The summed E-state index contributed by atoms with van der Waals surface area (Å²) in [5.74, 6) is -3.37. The molecule has 0 radical (unpaired) electrons. The van der Waals surface area contributed by atoms with Gasteiger partial charge in [-0.25, -0.2) is 29.9 Å². The van der Waals surface area contributed by atoms with E-state index in [1.165, 1.54) is 80.0 Å². The largest absolute Gasteiger partial charge is 0.490 e. The fraction of sp³-hybridized carbons (Fsp3) is 0.333. The maximum absolute atomic E-state index is 12.7. The van der Waals surface area contributed by atoms with Gasteiger partial charge in [-0.2, -0.15) is 0 Å². The summed E-state index contributed by atoms with van der Waals surface area (Å²) < 4.78 is 98.1. The molecule has 3 saturated heterocycles. The molecule has 0 aliphatic carbocycles. The summed E-state index contributed by atoms with van der Waals surface area (Å²) in [6.07, 6.45) is 13.6. The third-order valence-electron chi connectivity index (χ3n) is 21.6. The van der Waals surface area contributed by atoms with E-state index in [9.17, 15) is 110 Å². The lowest BCUT2D eigenvalue weighted by Crippen LogP contribution is -2.36. The number of piperidine rings is 2. The summed E-state index contributed by atoms with van der Waals surface area (Å²) in [7, 11) is -30.7. The maximum atomic E-state index is 12.7. The Kier molecular flexibility index (Phi) is 41.1. The lowest BCUT2D eigenvalue weighted by atomic mass is 10.0. The highest BCUT2D eigenvalue weighted by atomic mass is 35.5. The molecule has 41 nitrogen and oxygen atoms in total. The molecule has 0 bridgehead atoms. The van der Waals surface area contributed by atoms with Crippen molar-refractivity contribution in [1.82, 2.24) is 39.7 Å². The molecule has 6 aromatic carbocycles. The quantitative estimate of drug-likeness (QED) is 0.00554. The van der Waals surface area contributed by atoms with E-state index in [1.54, 1.807) is 72.8 Å². The topological polar surface area (TPSA) is 609 Å². The predicted octanol–water partition coefficient (Wildman–Crippen LogP) is 14.5. The van der Waals surface area contributed by atoms with Crippen LogP contribution in [0.2, 0.25) is 15.1 Å². The average Bonchev–Trinajstić information content (AvgIpc) is 0.790. The first-order chi connectivity index (χ1) is 66.2. The van der Waals surface area contributed by atoms with E-state index in [4.69, 9.17) is 58.5 Å². The van der Waals surface area contributed by atoms with E-state index in [-0.39, 0.29) is 94.1 Å². The molecule has 0 saturated carbocycles. The Bertz CT molecular complexity index is 5970. The van der Waals surface area contributed by atoms with Gasteiger partial charge in [-0.15, -0.1) is 0 Å². The number of aromatic nitrogens is 6. The zero-order valence-corrected chi connectivity index (χ0v) is 83.2. The number of rotatable bonds is 44. The van der Waals surface area contributed by atoms with Gasteiger partial charge < -0.3 is 113 Å². The number of benzene rings is 6. The van der Waals surface area contributed by atoms with Crippen LogP contribution in [0.15, 0.2) is 184 Å². The van der Waals surface area contributed by atoms with Crippen LogP contribution in [0.1, 0.15) is 87.3 Å². The Morgan fingerprint density at radius 1 is 0.436 bits per heavy atom. The Morgan fingerprint density at radius 2 is 0.793 bits per heavy atom. The number of likely N-dealkylation sites (tertiary alicyclic amines) is 2. The van der Waals surface area contributed by atoms with Gasteiger partial charge in [0, 0.05) is 91.9 Å². The molecule has 140 heavy (non-hydrogen) atoms. The molecule has 6 heterocycles. The molecule has 9 aromatic rings. The van der Waals surface area contributed by atoms with Crippen molar-refractivity contribution in [2.75, 3.05) is 112 Å². The standard InChI is InChI=1S/C31H38ClN5O9P2.C31H37ClN4O10P2.C28H31ClN4O9P2/c1-2-24(38)17-21-8-6-9-22(16-21)30-25(32)20-34-31(36-30)35-23-10-11-27(46-28(39)19-29(47(40,41)42)48(43,44)45)26(18-23)33-12-7-15-37-13-4-3-5-14-37;1-2-24(37)17-21-8-6-9-22(16-21)30-25(32)20-33-31(35-30)34-23-10-11-26(46-28(38)19-29(47(39,40)41)48(42,43)44)27(18-23)45-15-7-14-36-12-4-3-5-13-36;1-3-21(34)14-18-5-4-6-19(13-18)27-22(29)17-30-28(32-27)31-20-7-8-24(23(15-20)33-9-11-41-12-10-33)42-25(35)16-26(43(2,36)37)44(38,39)40/h2,6,8-11,16,18,20,29,33H,1,3-5,7,12-15,17,19H2,(H,34,35,36)(H2,40,41,42)(H2,43,44,45);2,6,8-11,16,18,20,29H,1,3-5,7,12-15,17,19H2,(H,33,34,35)(H2,39,40,41)(H2,42,43,44);3-8,13,15,17,26H,1,9-12,14,16H2,2H3,(H,36,37)(H,30,31,32)(H2,38,39,40). The van der Waals surface area contributed by atoms with E-state index in [1.807, 2.05) is 29.2 Å². The Balaban J connectivity index is 0.000000216. The fourth-order valence-electron chi connectivity index (χ4n) is 14.7. The number of anilines is 8. The van der Waals surface area contributed by atoms with Crippen LogP contribution in [0.4, 0.5) is 46.3 Å². The number of halogens is 3. The second-order valence-electron chi connectivity index (χ2n) is 32.5. The molecule has 12 rings (SSSR count). The van der Waals surface area contributed by atoms with Crippen LogP contribution in [0, 0.1) is 0 Å². The molecule has 0 spiro atoms. The number of hydrogen-bond donors (Lipinski definition) is 15. The fourth-order valence-corrected chi connectivity index (χ4v) is 23.1. The van der Waals surface area contributed by atoms with Gasteiger partial charge in [0.2, 0.25) is 25.2 Å². The Hall–Kier alpha value is -10.3. The number of ketones is 3. The summed E-state index contributed by atoms with van der Waals surface area (Å²) in [6, 6.07) is 35.3. The zero-order valence-electron chi connectivity index (χ0n) is 75.5. The highest BCUT2D eigenvalue weighted by Gasteiger charge is 2.47. The van der Waals surface area contributed by atoms with Gasteiger partial charge in [-0.3, -0.25) is 56.2 Å². The minimum Gasteiger partial charge on any atom is -0.490 e. The van der Waals surface area contributed by atoms with Gasteiger partial charge in [0.1, 0.15) is 5.40 Å². The molecule has 750 valence electrons. The van der Waals surface area contributed by atoms with Crippen LogP contribution in [0.5, 0.6) is 23.0 Å². The van der Waals surface area contributed by atoms with Gasteiger partial charge in [0.15, 0.2) is 51.1 Å². The summed E-state index contributed by atoms with van der Waals surface area (Å²) in [6.45, 7) is 19.5. The lowest BCUT2D eigenvalue weighted by Gasteiger charge is -2.30. The maximum Gasteiger partial charge on any atom is 0.341 e. The van der Waals surface area contributed by atoms with Gasteiger partial charge in [-0.1, -0.05) is 122 Å². The number of esters is 3. The van der Waals surface area contributed by atoms with Crippen LogP contribution in [-0.4, -0.2) is 230 Å². The number of hydrogen-bond acceptors (Lipinski definition) is 30. The summed E-state index contributed by atoms with van der Waals surface area (Å²) >= 11 is 19.3. The van der Waals surface area contributed by atoms with E-state index in [0.717, 1.165) is 94.7 Å². The molecule has 15 N–H and O–H groups in total. The molecular weight excluding hydrogens is 2000 g/mol. The minimum atomic E-state index is -5.34. The van der Waals surface area contributed by atoms with Crippen molar-refractivity contribution in [3.63, 3.8) is 0 Å². The first kappa shape index (κ1) is 112. The van der Waals surface area contributed by atoms with Crippen LogP contribution < -0.4 is 45.1 Å². The summed E-state index contributed by atoms with van der Waals surface area (Å²) in [5, 5.41) is 6.17. The van der Waals surface area contributed by atoms with Crippen LogP contribution >= 0.6 is 80.2 Å². The zero-order chi connectivity index (χ0) is 102. The van der Waals surface area contributed by atoms with Gasteiger partial charge in [-0.05, 0) is 173 Å². The molecule has 3 aliphatic heterocycles. The number of carbonyl (C=O) groups excluding carboxylic acids is 6. The SMILES string of the molecule is C=CC(=O)Cc1cccc(-c2nc(Nc3ccc(OC(=O)CC(P(=O)(O)O)P(=O)(O)O)c(NCCCN4CCCCC4)c3)ncc2Cl)c1.C=CC(=O)Cc1cccc(-c2nc(Nc3ccc(OC(=O)CC(P(=O)(O)O)P(=O)(O)O)c(OCCCN4CCCCC4)c3)ncc2Cl)c1.C=CC(=O)Cc1cccc(-c2nc(Nc3ccc(OC(=O)CC(P(C)(=O)O)P(=O)(O)O)c(N4CCOCC4)c3)ncc2Cl)c1. The number of ether oxygens (including phenoxy) is 5. The molecule has 2 atom stereocenters. The first-order valence-electron chi connectivity index (χ1n) is 43.6. The molecule has 3 aliphatic rings. The van der Waals surface area contributed by atoms with Gasteiger partial charge >= 0.3 is 55.9 Å². The number of carbonyl (C=O) groups is 6. The number of allylic oxidation sites excluding steroid dienone is 3. The Labute approximate surface area is 820 Å². The smallest absolute Gasteiger partial charge is 0.341 e. The third-order valence-corrected chi connectivity index (χ3v) is 34.3. The molecule has 50 heteroatoms. The van der Waals surface area contributed by atoms with Crippen molar-refractivity contribution in [2.24, 2.45) is 0 Å². The normalized spacial score (nSPS) is 14.5. The molecular formula is C90H106Cl3N13O28P6. The number of morpholine rings is 1. The number of nitrogens with zero attached hydrogens (tertiary/aromatic N) is 9.